The van der Waals surface area contributed by atoms with Gasteiger partial charge >= 0.3 is 0 Å². The van der Waals surface area contributed by atoms with E-state index >= 15 is 0 Å². The van der Waals surface area contributed by atoms with Gasteiger partial charge in [-0.2, -0.15) is 5.10 Å². The third-order valence-corrected chi connectivity index (χ3v) is 5.09. The fraction of sp³-hybridized carbons (Fsp3) is 0.304. The van der Waals surface area contributed by atoms with Crippen LogP contribution in [0.1, 0.15) is 49.1 Å². The first-order valence-electron chi connectivity index (χ1n) is 9.82. The van der Waals surface area contributed by atoms with Crippen LogP contribution in [0.5, 0.6) is 0 Å². The number of nitrogens with one attached hydrogen (secondary N) is 1. The summed E-state index contributed by atoms with van der Waals surface area (Å²) in [5.74, 6) is -0.416. The second kappa shape index (κ2) is 8.90. The molecule has 3 rings (SSSR count). The highest BCUT2D eigenvalue weighted by atomic mass is 16.2. The summed E-state index contributed by atoms with van der Waals surface area (Å²) in [4.78, 5) is 30.5. The lowest BCUT2D eigenvalue weighted by Gasteiger charge is -2.12. The summed E-state index contributed by atoms with van der Waals surface area (Å²) < 4.78 is 1.96. The lowest BCUT2D eigenvalue weighted by atomic mass is 10.1. The Balaban J connectivity index is 1.71. The molecular weight excluding hydrogens is 378 g/mol. The number of rotatable bonds is 6. The number of aromatic nitrogens is 3. The van der Waals surface area contributed by atoms with Crippen LogP contribution in [0.25, 0.3) is 0 Å². The molecule has 0 unspecified atom stereocenters. The molecule has 1 aromatic carbocycles. The molecule has 7 heteroatoms. The van der Waals surface area contributed by atoms with Gasteiger partial charge in [0, 0.05) is 31.9 Å². The number of pyridine rings is 1. The summed E-state index contributed by atoms with van der Waals surface area (Å²) >= 11 is 0. The van der Waals surface area contributed by atoms with Crippen LogP contribution >= 0.6 is 0 Å². The Morgan fingerprint density at radius 3 is 2.33 bits per heavy atom. The second-order valence-corrected chi connectivity index (χ2v) is 7.50. The number of carbonyl (C=O) groups is 2. The highest BCUT2D eigenvalue weighted by molar-refractivity contribution is 5.97. The maximum absolute atomic E-state index is 12.7. The first-order chi connectivity index (χ1) is 14.3. The lowest BCUT2D eigenvalue weighted by molar-refractivity contribution is 0.0820. The van der Waals surface area contributed by atoms with Gasteiger partial charge in [0.15, 0.2) is 0 Å². The molecule has 0 spiro atoms. The van der Waals surface area contributed by atoms with Crippen molar-refractivity contribution in [1.82, 2.24) is 25.0 Å². The third kappa shape index (κ3) is 4.56. The van der Waals surface area contributed by atoms with Gasteiger partial charge in [0.25, 0.3) is 11.8 Å². The molecule has 2 heterocycles. The van der Waals surface area contributed by atoms with Crippen LogP contribution < -0.4 is 5.32 Å². The molecular formula is C23H27N5O2. The number of amides is 2. The normalized spacial score (nSPS) is 10.7. The molecule has 2 amide bonds. The standard InChI is InChI=1S/C23H27N5O2/c1-15-19(11-12-21(25-15)23(30)27(4)5)22(29)24-13-20-16(2)26-28(17(20)3)14-18-9-7-6-8-10-18/h6-12H,13-14H2,1-5H3,(H,24,29). The number of carbonyl (C=O) groups excluding carboxylic acids is 2. The molecule has 1 N–H and O–H groups in total. The molecule has 0 fully saturated rings. The molecule has 0 saturated carbocycles. The van der Waals surface area contributed by atoms with Gasteiger partial charge in [-0.25, -0.2) is 4.98 Å². The zero-order valence-corrected chi connectivity index (χ0v) is 18.1. The van der Waals surface area contributed by atoms with Crippen molar-refractivity contribution >= 4 is 11.8 Å². The fourth-order valence-corrected chi connectivity index (χ4v) is 3.31. The van der Waals surface area contributed by atoms with Crippen LogP contribution in [0, 0.1) is 20.8 Å². The maximum Gasteiger partial charge on any atom is 0.271 e. The molecule has 0 aliphatic rings. The predicted octanol–water partition coefficient (Wildman–Crippen LogP) is 2.88. The van der Waals surface area contributed by atoms with Gasteiger partial charge in [-0.1, -0.05) is 30.3 Å². The maximum atomic E-state index is 12.7. The van der Waals surface area contributed by atoms with E-state index in [4.69, 9.17) is 0 Å². The van der Waals surface area contributed by atoms with E-state index in [1.54, 1.807) is 33.2 Å². The van der Waals surface area contributed by atoms with Crippen molar-refractivity contribution in [3.05, 3.63) is 81.9 Å². The highest BCUT2D eigenvalue weighted by Gasteiger charge is 2.17. The number of hydrogen-bond acceptors (Lipinski definition) is 4. The molecule has 3 aromatic rings. The summed E-state index contributed by atoms with van der Waals surface area (Å²) in [5.41, 5.74) is 5.40. The molecule has 30 heavy (non-hydrogen) atoms. The molecule has 156 valence electrons. The van der Waals surface area contributed by atoms with E-state index in [1.165, 1.54) is 10.5 Å². The van der Waals surface area contributed by atoms with Crippen molar-refractivity contribution < 1.29 is 9.59 Å². The van der Waals surface area contributed by atoms with E-state index in [1.807, 2.05) is 36.7 Å². The van der Waals surface area contributed by atoms with E-state index < -0.39 is 0 Å². The SMILES string of the molecule is Cc1nc(C(=O)N(C)C)ccc1C(=O)NCc1c(C)nn(Cc2ccccc2)c1C. The van der Waals surface area contributed by atoms with Gasteiger partial charge in [0.05, 0.1) is 23.5 Å². The van der Waals surface area contributed by atoms with Crippen LogP contribution in [-0.4, -0.2) is 45.6 Å². The highest BCUT2D eigenvalue weighted by Crippen LogP contribution is 2.15. The second-order valence-electron chi connectivity index (χ2n) is 7.50. The van der Waals surface area contributed by atoms with E-state index in [0.29, 0.717) is 30.0 Å². The Morgan fingerprint density at radius 2 is 1.70 bits per heavy atom. The third-order valence-electron chi connectivity index (χ3n) is 5.09. The summed E-state index contributed by atoms with van der Waals surface area (Å²) in [5, 5.41) is 7.59. The molecule has 0 aliphatic carbocycles. The van der Waals surface area contributed by atoms with Crippen LogP contribution in [0.3, 0.4) is 0 Å². The Morgan fingerprint density at radius 1 is 1.00 bits per heavy atom. The van der Waals surface area contributed by atoms with Crippen LogP contribution in [0.15, 0.2) is 42.5 Å². The number of nitrogens with zero attached hydrogens (tertiary/aromatic N) is 4. The average molecular weight is 406 g/mol. The van der Waals surface area contributed by atoms with Gasteiger partial charge in [-0.05, 0) is 38.5 Å². The first kappa shape index (κ1) is 21.2. The van der Waals surface area contributed by atoms with Gasteiger partial charge in [-0.15, -0.1) is 0 Å². The van der Waals surface area contributed by atoms with Crippen LogP contribution in [0.4, 0.5) is 0 Å². The van der Waals surface area contributed by atoms with Gasteiger partial charge in [-0.3, -0.25) is 14.3 Å². The largest absolute Gasteiger partial charge is 0.348 e. The van der Waals surface area contributed by atoms with Crippen molar-refractivity contribution in [2.45, 2.75) is 33.9 Å². The van der Waals surface area contributed by atoms with Gasteiger partial charge in [0.2, 0.25) is 0 Å². The quantitative estimate of drug-likeness (QED) is 0.684. The van der Waals surface area contributed by atoms with E-state index in [9.17, 15) is 9.59 Å². The molecule has 0 atom stereocenters. The number of benzene rings is 1. The molecule has 0 bridgehead atoms. The zero-order chi connectivity index (χ0) is 21.8. The molecule has 2 aromatic heterocycles. The number of aryl methyl sites for hydroxylation is 2. The van der Waals surface area contributed by atoms with Gasteiger partial charge < -0.3 is 10.2 Å². The minimum atomic E-state index is -0.224. The van der Waals surface area contributed by atoms with Crippen molar-refractivity contribution in [3.63, 3.8) is 0 Å². The van der Waals surface area contributed by atoms with E-state index in [2.05, 4.69) is 27.5 Å². The Labute approximate surface area is 176 Å². The fourth-order valence-electron chi connectivity index (χ4n) is 3.31. The van der Waals surface area contributed by atoms with E-state index in [-0.39, 0.29) is 11.8 Å². The van der Waals surface area contributed by atoms with Crippen molar-refractivity contribution in [2.75, 3.05) is 14.1 Å². The summed E-state index contributed by atoms with van der Waals surface area (Å²) in [7, 11) is 3.34. The molecule has 0 saturated heterocycles. The lowest BCUT2D eigenvalue weighted by Crippen LogP contribution is -2.26. The van der Waals surface area contributed by atoms with Crippen LogP contribution in [-0.2, 0) is 13.1 Å². The monoisotopic (exact) mass is 405 g/mol. The van der Waals surface area contributed by atoms with Crippen molar-refractivity contribution in [3.8, 4) is 0 Å². The minimum Gasteiger partial charge on any atom is -0.348 e. The molecule has 0 radical (unpaired) electrons. The predicted molar refractivity (Wildman–Crippen MR) is 115 cm³/mol. The summed E-state index contributed by atoms with van der Waals surface area (Å²) in [6.45, 7) is 6.76. The topological polar surface area (TPSA) is 80.1 Å². The Kier molecular flexibility index (Phi) is 6.30. The Hall–Kier alpha value is -3.48. The van der Waals surface area contributed by atoms with E-state index in [0.717, 1.165) is 17.0 Å². The number of hydrogen-bond donors (Lipinski definition) is 1. The van der Waals surface area contributed by atoms with Crippen molar-refractivity contribution in [2.24, 2.45) is 0 Å². The molecule has 0 aliphatic heterocycles. The first-order valence-corrected chi connectivity index (χ1v) is 9.82. The zero-order valence-electron chi connectivity index (χ0n) is 18.1. The smallest absolute Gasteiger partial charge is 0.271 e. The minimum absolute atomic E-state index is 0.192. The molecule has 7 nitrogen and oxygen atoms in total. The van der Waals surface area contributed by atoms with Gasteiger partial charge in [0.1, 0.15) is 5.69 Å². The van der Waals surface area contributed by atoms with Crippen molar-refractivity contribution in [1.29, 1.82) is 0 Å². The average Bonchev–Trinajstić information content (AvgIpc) is 2.98. The summed E-state index contributed by atoms with van der Waals surface area (Å²) in [6.07, 6.45) is 0. The van der Waals surface area contributed by atoms with Crippen LogP contribution in [0.2, 0.25) is 0 Å². The summed E-state index contributed by atoms with van der Waals surface area (Å²) in [6, 6.07) is 13.4. The Bertz CT molecular complexity index is 1070.